The third kappa shape index (κ3) is 3.53. The third-order valence-electron chi connectivity index (χ3n) is 3.43. The van der Waals surface area contributed by atoms with Crippen molar-refractivity contribution in [3.63, 3.8) is 0 Å². The molecule has 0 saturated heterocycles. The van der Waals surface area contributed by atoms with Gasteiger partial charge in [-0.1, -0.05) is 26.2 Å². The summed E-state index contributed by atoms with van der Waals surface area (Å²) < 4.78 is 2.29. The van der Waals surface area contributed by atoms with Crippen molar-refractivity contribution in [1.82, 2.24) is 20.1 Å². The number of aryl methyl sites for hydroxylation is 1. The van der Waals surface area contributed by atoms with Gasteiger partial charge in [0.15, 0.2) is 0 Å². The van der Waals surface area contributed by atoms with Gasteiger partial charge in [0.25, 0.3) is 0 Å². The number of hydrogen-bond donors (Lipinski definition) is 1. The quantitative estimate of drug-likeness (QED) is 0.739. The van der Waals surface area contributed by atoms with E-state index < -0.39 is 0 Å². The highest BCUT2D eigenvalue weighted by molar-refractivity contribution is 4.98. The molecule has 4 heteroatoms. The van der Waals surface area contributed by atoms with E-state index in [9.17, 15) is 0 Å². The second-order valence-electron chi connectivity index (χ2n) is 4.88. The Balaban J connectivity index is 1.70. The van der Waals surface area contributed by atoms with Gasteiger partial charge >= 0.3 is 0 Å². The van der Waals surface area contributed by atoms with E-state index in [2.05, 4.69) is 27.0 Å². The molecule has 0 saturated carbocycles. The Bertz CT molecular complexity index is 332. The van der Waals surface area contributed by atoms with Crippen molar-refractivity contribution in [2.45, 2.75) is 65.0 Å². The second kappa shape index (κ2) is 6.74. The maximum absolute atomic E-state index is 4.28. The lowest BCUT2D eigenvalue weighted by molar-refractivity contribution is 0.494. The molecule has 0 amide bonds. The van der Waals surface area contributed by atoms with Crippen LogP contribution in [0.5, 0.6) is 0 Å². The molecule has 0 aliphatic carbocycles. The lowest BCUT2D eigenvalue weighted by Crippen LogP contribution is -2.20. The Morgan fingerprint density at radius 2 is 2.12 bits per heavy atom. The summed E-state index contributed by atoms with van der Waals surface area (Å²) in [6.45, 7) is 5.33. The van der Waals surface area contributed by atoms with E-state index in [4.69, 9.17) is 0 Å². The van der Waals surface area contributed by atoms with Crippen LogP contribution in [0.25, 0.3) is 0 Å². The normalized spacial score (nSPS) is 14.9. The van der Waals surface area contributed by atoms with Crippen LogP contribution < -0.4 is 5.32 Å². The molecule has 0 bridgehead atoms. The van der Waals surface area contributed by atoms with Crippen LogP contribution in [0, 0.1) is 0 Å². The molecule has 0 spiro atoms. The first-order valence-corrected chi connectivity index (χ1v) is 7.03. The van der Waals surface area contributed by atoms with Gasteiger partial charge in [0.1, 0.15) is 11.6 Å². The molecule has 1 N–H and O–H groups in total. The number of rotatable bonds is 7. The molecule has 0 radical (unpaired) electrons. The zero-order valence-corrected chi connectivity index (χ0v) is 10.9. The van der Waals surface area contributed by atoms with Crippen LogP contribution in [0.2, 0.25) is 0 Å². The fourth-order valence-corrected chi connectivity index (χ4v) is 2.38. The Labute approximate surface area is 104 Å². The summed E-state index contributed by atoms with van der Waals surface area (Å²) in [6, 6.07) is 0. The molecule has 0 fully saturated rings. The van der Waals surface area contributed by atoms with Crippen LogP contribution >= 0.6 is 0 Å². The zero-order valence-electron chi connectivity index (χ0n) is 10.9. The van der Waals surface area contributed by atoms with Gasteiger partial charge in [0.05, 0.1) is 6.54 Å². The predicted molar refractivity (Wildman–Crippen MR) is 68.8 cm³/mol. The molecular formula is C13H24N4. The Kier molecular flexibility index (Phi) is 4.98. The molecular weight excluding hydrogens is 212 g/mol. The molecule has 2 heterocycles. The van der Waals surface area contributed by atoms with Crippen LogP contribution in [-0.2, 0) is 19.5 Å². The summed E-state index contributed by atoms with van der Waals surface area (Å²) in [6.07, 6.45) is 8.90. The Morgan fingerprint density at radius 1 is 1.18 bits per heavy atom. The van der Waals surface area contributed by atoms with Crippen LogP contribution in [0.4, 0.5) is 0 Å². The molecule has 2 rings (SSSR count). The van der Waals surface area contributed by atoms with Gasteiger partial charge in [-0.15, -0.1) is 10.2 Å². The Morgan fingerprint density at radius 3 is 3.00 bits per heavy atom. The van der Waals surface area contributed by atoms with Gasteiger partial charge < -0.3 is 9.88 Å². The average Bonchev–Trinajstić information content (AvgIpc) is 2.77. The number of unbranched alkanes of at least 4 members (excludes halogenated alkanes) is 3. The average molecular weight is 236 g/mol. The largest absolute Gasteiger partial charge is 0.314 e. The number of nitrogens with one attached hydrogen (secondary N) is 1. The van der Waals surface area contributed by atoms with Crippen LogP contribution in [0.1, 0.15) is 57.1 Å². The van der Waals surface area contributed by atoms with E-state index in [0.29, 0.717) is 0 Å². The molecule has 4 nitrogen and oxygen atoms in total. The van der Waals surface area contributed by atoms with Crippen LogP contribution in [0.15, 0.2) is 0 Å². The second-order valence-corrected chi connectivity index (χ2v) is 4.88. The van der Waals surface area contributed by atoms with E-state index >= 15 is 0 Å². The van der Waals surface area contributed by atoms with Gasteiger partial charge in [0, 0.05) is 13.0 Å². The maximum atomic E-state index is 4.28. The minimum Gasteiger partial charge on any atom is -0.314 e. The fourth-order valence-electron chi connectivity index (χ4n) is 2.38. The van der Waals surface area contributed by atoms with Crippen molar-refractivity contribution < 1.29 is 0 Å². The molecule has 1 aliphatic rings. The summed E-state index contributed by atoms with van der Waals surface area (Å²) >= 11 is 0. The Hall–Kier alpha value is -0.900. The zero-order chi connectivity index (χ0) is 11.9. The first-order chi connectivity index (χ1) is 8.42. The monoisotopic (exact) mass is 236 g/mol. The van der Waals surface area contributed by atoms with E-state index in [1.54, 1.807) is 0 Å². The van der Waals surface area contributed by atoms with Crippen molar-refractivity contribution in [1.29, 1.82) is 0 Å². The molecule has 17 heavy (non-hydrogen) atoms. The molecule has 1 aromatic heterocycles. The molecule has 96 valence electrons. The summed E-state index contributed by atoms with van der Waals surface area (Å²) in [7, 11) is 0. The molecule has 0 atom stereocenters. The highest BCUT2D eigenvalue weighted by atomic mass is 15.3. The number of hydrogen-bond acceptors (Lipinski definition) is 3. The minimum atomic E-state index is 0.874. The summed E-state index contributed by atoms with van der Waals surface area (Å²) in [5.74, 6) is 2.30. The lowest BCUT2D eigenvalue weighted by Gasteiger charge is -2.14. The highest BCUT2D eigenvalue weighted by Crippen LogP contribution is 2.13. The van der Waals surface area contributed by atoms with Gasteiger partial charge in [-0.25, -0.2) is 0 Å². The van der Waals surface area contributed by atoms with Gasteiger partial charge in [0.2, 0.25) is 0 Å². The standard InChI is InChI=1S/C13H24N4/c1-2-3-4-6-9-14-11-13-16-15-12-8-5-7-10-17(12)13/h14H,2-11H2,1H3. The molecule has 0 aromatic carbocycles. The summed E-state index contributed by atoms with van der Waals surface area (Å²) in [5.41, 5.74) is 0. The molecule has 1 aliphatic heterocycles. The summed E-state index contributed by atoms with van der Waals surface area (Å²) in [4.78, 5) is 0. The van der Waals surface area contributed by atoms with E-state index in [1.165, 1.54) is 44.3 Å². The fraction of sp³-hybridized carbons (Fsp3) is 0.846. The first-order valence-electron chi connectivity index (χ1n) is 7.03. The van der Waals surface area contributed by atoms with E-state index in [-0.39, 0.29) is 0 Å². The molecule has 0 unspecified atom stereocenters. The predicted octanol–water partition coefficient (Wildman–Crippen LogP) is 2.28. The van der Waals surface area contributed by atoms with Crippen LogP contribution in [0.3, 0.4) is 0 Å². The SMILES string of the molecule is CCCCCCNCc1nnc2n1CCCC2. The maximum Gasteiger partial charge on any atom is 0.147 e. The van der Waals surface area contributed by atoms with Crippen molar-refractivity contribution in [3.8, 4) is 0 Å². The third-order valence-corrected chi connectivity index (χ3v) is 3.43. The summed E-state index contributed by atoms with van der Waals surface area (Å²) in [5, 5.41) is 12.0. The number of fused-ring (bicyclic) bond motifs is 1. The van der Waals surface area contributed by atoms with Gasteiger partial charge in [-0.05, 0) is 25.8 Å². The lowest BCUT2D eigenvalue weighted by atomic mass is 10.1. The minimum absolute atomic E-state index is 0.874. The topological polar surface area (TPSA) is 42.7 Å². The van der Waals surface area contributed by atoms with Gasteiger partial charge in [-0.2, -0.15) is 0 Å². The highest BCUT2D eigenvalue weighted by Gasteiger charge is 2.14. The van der Waals surface area contributed by atoms with Crippen molar-refractivity contribution >= 4 is 0 Å². The van der Waals surface area contributed by atoms with Crippen molar-refractivity contribution in [2.24, 2.45) is 0 Å². The van der Waals surface area contributed by atoms with Crippen molar-refractivity contribution in [3.05, 3.63) is 11.6 Å². The van der Waals surface area contributed by atoms with Crippen molar-refractivity contribution in [2.75, 3.05) is 6.54 Å². The smallest absolute Gasteiger partial charge is 0.147 e. The number of aromatic nitrogens is 3. The van der Waals surface area contributed by atoms with Gasteiger partial charge in [-0.3, -0.25) is 0 Å². The van der Waals surface area contributed by atoms with Crippen LogP contribution in [-0.4, -0.2) is 21.3 Å². The van der Waals surface area contributed by atoms with E-state index in [0.717, 1.165) is 31.9 Å². The van der Waals surface area contributed by atoms with E-state index in [1.807, 2.05) is 0 Å². The number of nitrogens with zero attached hydrogens (tertiary/aromatic N) is 3. The first kappa shape index (κ1) is 12.6. The molecule has 1 aromatic rings.